The highest BCUT2D eigenvalue weighted by molar-refractivity contribution is 7.19. The molecule has 5 heteroatoms. The fourth-order valence-corrected chi connectivity index (χ4v) is 2.37. The minimum Gasteiger partial charge on any atom is -0.293 e. The van der Waals surface area contributed by atoms with E-state index in [0.717, 1.165) is 14.9 Å². The van der Waals surface area contributed by atoms with E-state index in [4.69, 9.17) is 11.6 Å². The second-order valence-corrected chi connectivity index (χ2v) is 4.91. The predicted molar refractivity (Wildman–Crippen MR) is 61.5 cm³/mol. The van der Waals surface area contributed by atoms with Crippen molar-refractivity contribution in [1.29, 1.82) is 0 Å². The van der Waals surface area contributed by atoms with E-state index < -0.39 is 0 Å². The molecule has 0 fully saturated rings. The molecule has 0 aliphatic heterocycles. The third-order valence-electron chi connectivity index (χ3n) is 2.07. The van der Waals surface area contributed by atoms with Gasteiger partial charge in [0, 0.05) is 14.0 Å². The summed E-state index contributed by atoms with van der Waals surface area (Å²) in [6.07, 6.45) is 0. The summed E-state index contributed by atoms with van der Waals surface area (Å²) >= 11 is 7.29. The summed E-state index contributed by atoms with van der Waals surface area (Å²) in [5.74, 6) is 0.0129. The molecule has 0 spiro atoms. The van der Waals surface area contributed by atoms with E-state index in [-0.39, 0.29) is 5.78 Å². The van der Waals surface area contributed by atoms with Crippen LogP contribution in [0.25, 0.3) is 10.6 Å². The van der Waals surface area contributed by atoms with Crippen LogP contribution in [0.1, 0.15) is 17.4 Å². The van der Waals surface area contributed by atoms with Crippen LogP contribution in [0.2, 0.25) is 4.34 Å². The van der Waals surface area contributed by atoms with Crippen molar-refractivity contribution < 1.29 is 4.79 Å². The number of aromatic nitrogens is 2. The first-order valence-corrected chi connectivity index (χ1v) is 5.58. The maximum Gasteiger partial charge on any atom is 0.177 e. The molecule has 2 rings (SSSR count). The van der Waals surface area contributed by atoms with E-state index in [2.05, 4.69) is 5.10 Å². The minimum atomic E-state index is 0.0129. The standard InChI is InChI=1S/C10H9ClN2OS/c1-6(14)8-5-7(12-13(8)2)9-3-4-10(11)15-9/h3-5H,1-2H3. The highest BCUT2D eigenvalue weighted by Gasteiger charge is 2.11. The second kappa shape index (κ2) is 3.79. The van der Waals surface area contributed by atoms with E-state index in [1.165, 1.54) is 18.3 Å². The number of ketones is 1. The molecular formula is C10H9ClN2OS. The number of hydrogen-bond donors (Lipinski definition) is 0. The molecule has 2 heterocycles. The maximum absolute atomic E-state index is 11.2. The Morgan fingerprint density at radius 1 is 1.53 bits per heavy atom. The summed E-state index contributed by atoms with van der Waals surface area (Å²) in [4.78, 5) is 12.2. The van der Waals surface area contributed by atoms with Crippen molar-refractivity contribution in [2.45, 2.75) is 6.92 Å². The third kappa shape index (κ3) is 1.96. The molecule has 2 aromatic heterocycles. The number of carbonyl (C=O) groups is 1. The number of thiophene rings is 1. The number of carbonyl (C=O) groups excluding carboxylic acids is 1. The molecule has 0 unspecified atom stereocenters. The fraction of sp³-hybridized carbons (Fsp3) is 0.200. The van der Waals surface area contributed by atoms with Gasteiger partial charge in [-0.05, 0) is 18.2 Å². The van der Waals surface area contributed by atoms with E-state index in [0.29, 0.717) is 5.69 Å². The Morgan fingerprint density at radius 3 is 2.73 bits per heavy atom. The van der Waals surface area contributed by atoms with Gasteiger partial charge in [0.1, 0.15) is 11.4 Å². The summed E-state index contributed by atoms with van der Waals surface area (Å²) in [6, 6.07) is 5.51. The molecule has 0 N–H and O–H groups in total. The largest absolute Gasteiger partial charge is 0.293 e. The zero-order valence-corrected chi connectivity index (χ0v) is 9.89. The topological polar surface area (TPSA) is 34.9 Å². The minimum absolute atomic E-state index is 0.0129. The number of aryl methyl sites for hydroxylation is 1. The van der Waals surface area contributed by atoms with E-state index in [1.807, 2.05) is 12.1 Å². The molecule has 0 bridgehead atoms. The van der Waals surface area contributed by atoms with Crippen LogP contribution < -0.4 is 0 Å². The summed E-state index contributed by atoms with van der Waals surface area (Å²) in [7, 11) is 1.76. The van der Waals surface area contributed by atoms with E-state index in [1.54, 1.807) is 17.8 Å². The third-order valence-corrected chi connectivity index (χ3v) is 3.32. The molecule has 0 radical (unpaired) electrons. The van der Waals surface area contributed by atoms with Crippen molar-refractivity contribution in [2.75, 3.05) is 0 Å². The molecule has 0 atom stereocenters. The Kier molecular flexibility index (Phi) is 2.63. The molecule has 0 aliphatic carbocycles. The normalized spacial score (nSPS) is 10.6. The Balaban J connectivity index is 2.46. The van der Waals surface area contributed by atoms with E-state index >= 15 is 0 Å². The number of nitrogens with zero attached hydrogens (tertiary/aromatic N) is 2. The molecule has 0 aliphatic rings. The van der Waals surface area contributed by atoms with Gasteiger partial charge in [-0.3, -0.25) is 9.48 Å². The first-order chi connectivity index (χ1) is 7.08. The zero-order valence-electron chi connectivity index (χ0n) is 8.32. The van der Waals surface area contributed by atoms with Crippen molar-refractivity contribution in [3.8, 4) is 10.6 Å². The summed E-state index contributed by atoms with van der Waals surface area (Å²) < 4.78 is 2.31. The lowest BCUT2D eigenvalue weighted by Gasteiger charge is -1.92. The van der Waals surface area contributed by atoms with Gasteiger partial charge in [-0.15, -0.1) is 11.3 Å². The Morgan fingerprint density at radius 2 is 2.27 bits per heavy atom. The maximum atomic E-state index is 11.2. The molecule has 0 saturated heterocycles. The van der Waals surface area contributed by atoms with Crippen LogP contribution in [0.5, 0.6) is 0 Å². The molecule has 2 aromatic rings. The average molecular weight is 241 g/mol. The van der Waals surface area contributed by atoms with Gasteiger partial charge in [0.15, 0.2) is 5.78 Å². The number of rotatable bonds is 2. The lowest BCUT2D eigenvalue weighted by Crippen LogP contribution is -2.02. The molecular weight excluding hydrogens is 232 g/mol. The first-order valence-electron chi connectivity index (χ1n) is 4.38. The smallest absolute Gasteiger partial charge is 0.177 e. The fourth-order valence-electron chi connectivity index (χ4n) is 1.37. The molecule has 78 valence electrons. The van der Waals surface area contributed by atoms with Crippen LogP contribution in [0.3, 0.4) is 0 Å². The highest BCUT2D eigenvalue weighted by atomic mass is 35.5. The monoisotopic (exact) mass is 240 g/mol. The van der Waals surface area contributed by atoms with Crippen LogP contribution in [0, 0.1) is 0 Å². The lowest BCUT2D eigenvalue weighted by atomic mass is 10.2. The Bertz CT molecular complexity index is 515. The Hall–Kier alpha value is -1.13. The van der Waals surface area contributed by atoms with Crippen molar-refractivity contribution in [1.82, 2.24) is 9.78 Å². The average Bonchev–Trinajstić information content (AvgIpc) is 2.71. The van der Waals surface area contributed by atoms with Crippen LogP contribution in [-0.4, -0.2) is 15.6 Å². The number of hydrogen-bond acceptors (Lipinski definition) is 3. The summed E-state index contributed by atoms with van der Waals surface area (Å²) in [5, 5.41) is 4.26. The van der Waals surface area contributed by atoms with Gasteiger partial charge in [0.05, 0.1) is 9.21 Å². The van der Waals surface area contributed by atoms with Crippen molar-refractivity contribution in [3.05, 3.63) is 28.2 Å². The lowest BCUT2D eigenvalue weighted by molar-refractivity contribution is 0.100. The number of halogens is 1. The van der Waals surface area contributed by atoms with Crippen LogP contribution in [0.15, 0.2) is 18.2 Å². The van der Waals surface area contributed by atoms with E-state index in [9.17, 15) is 4.79 Å². The second-order valence-electron chi connectivity index (χ2n) is 3.20. The number of Topliss-reactive ketones (excluding diaryl/α,β-unsaturated/α-hetero) is 1. The van der Waals surface area contributed by atoms with Gasteiger partial charge >= 0.3 is 0 Å². The van der Waals surface area contributed by atoms with Crippen LogP contribution in [0.4, 0.5) is 0 Å². The van der Waals surface area contributed by atoms with Crippen LogP contribution >= 0.6 is 22.9 Å². The molecule has 15 heavy (non-hydrogen) atoms. The van der Waals surface area contributed by atoms with Crippen LogP contribution in [-0.2, 0) is 7.05 Å². The van der Waals surface area contributed by atoms with Crippen molar-refractivity contribution in [2.24, 2.45) is 7.05 Å². The highest BCUT2D eigenvalue weighted by Crippen LogP contribution is 2.30. The Labute approximate surface area is 96.3 Å². The predicted octanol–water partition coefficient (Wildman–Crippen LogP) is 3.00. The van der Waals surface area contributed by atoms with Gasteiger partial charge in [0.2, 0.25) is 0 Å². The van der Waals surface area contributed by atoms with Gasteiger partial charge in [-0.25, -0.2) is 0 Å². The summed E-state index contributed by atoms with van der Waals surface area (Å²) in [5.41, 5.74) is 1.40. The van der Waals surface area contributed by atoms with Crippen molar-refractivity contribution in [3.63, 3.8) is 0 Å². The van der Waals surface area contributed by atoms with Gasteiger partial charge in [0.25, 0.3) is 0 Å². The molecule has 0 amide bonds. The molecule has 0 aromatic carbocycles. The van der Waals surface area contributed by atoms with Crippen molar-refractivity contribution >= 4 is 28.7 Å². The molecule has 0 saturated carbocycles. The summed E-state index contributed by atoms with van der Waals surface area (Å²) in [6.45, 7) is 1.53. The van der Waals surface area contributed by atoms with Gasteiger partial charge in [-0.2, -0.15) is 5.10 Å². The zero-order chi connectivity index (χ0) is 11.0. The SMILES string of the molecule is CC(=O)c1cc(-c2ccc(Cl)s2)nn1C. The van der Waals surface area contributed by atoms with Gasteiger partial charge in [-0.1, -0.05) is 11.6 Å². The quantitative estimate of drug-likeness (QED) is 0.757. The molecule has 3 nitrogen and oxygen atoms in total. The van der Waals surface area contributed by atoms with Gasteiger partial charge < -0.3 is 0 Å². The first kappa shape index (κ1) is 10.4.